The first-order chi connectivity index (χ1) is 10.2. The molecule has 2 heterocycles. The lowest BCUT2D eigenvalue weighted by atomic mass is 9.86. The van der Waals surface area contributed by atoms with E-state index >= 15 is 0 Å². The van der Waals surface area contributed by atoms with Crippen LogP contribution in [0.4, 0.5) is 0 Å². The van der Waals surface area contributed by atoms with Crippen molar-refractivity contribution in [1.29, 1.82) is 0 Å². The van der Waals surface area contributed by atoms with Crippen molar-refractivity contribution < 1.29 is 4.79 Å². The predicted octanol–water partition coefficient (Wildman–Crippen LogP) is 2.35. The van der Waals surface area contributed by atoms with Crippen molar-refractivity contribution in [2.24, 2.45) is 17.1 Å². The van der Waals surface area contributed by atoms with Crippen molar-refractivity contribution in [3.05, 3.63) is 11.6 Å². The van der Waals surface area contributed by atoms with Crippen LogP contribution in [0.3, 0.4) is 0 Å². The van der Waals surface area contributed by atoms with Crippen molar-refractivity contribution >= 4 is 30.7 Å². The van der Waals surface area contributed by atoms with Gasteiger partial charge in [0.2, 0.25) is 5.91 Å². The lowest BCUT2D eigenvalue weighted by molar-refractivity contribution is -0.136. The Kier molecular flexibility index (Phi) is 8.70. The third kappa shape index (κ3) is 5.60. The third-order valence-electron chi connectivity index (χ3n) is 4.42. The molecule has 1 aromatic rings. The number of piperidine rings is 1. The first-order valence-electron chi connectivity index (χ1n) is 8.11. The number of hydrogen-bond acceptors (Lipinski definition) is 4. The smallest absolute Gasteiger partial charge is 0.240 e. The average molecular weight is 380 g/mol. The maximum atomic E-state index is 12.6. The fourth-order valence-electron chi connectivity index (χ4n) is 2.96. The summed E-state index contributed by atoms with van der Waals surface area (Å²) in [6.07, 6.45) is 2.15. The van der Waals surface area contributed by atoms with Crippen LogP contribution in [0.1, 0.15) is 45.3 Å². The average Bonchev–Trinajstić information content (AvgIpc) is 2.74. The van der Waals surface area contributed by atoms with E-state index in [2.05, 4.69) is 10.1 Å². The zero-order valence-corrected chi connectivity index (χ0v) is 16.9. The van der Waals surface area contributed by atoms with Gasteiger partial charge in [-0.25, -0.2) is 9.67 Å². The number of nitrogens with two attached hydrogens (primary N) is 1. The second-order valence-corrected chi connectivity index (χ2v) is 7.52. The zero-order valence-electron chi connectivity index (χ0n) is 15.3. The molecule has 1 saturated heterocycles. The van der Waals surface area contributed by atoms with Gasteiger partial charge in [-0.15, -0.1) is 24.8 Å². The highest BCUT2D eigenvalue weighted by Gasteiger charge is 2.33. The van der Waals surface area contributed by atoms with E-state index in [0.29, 0.717) is 5.92 Å². The molecule has 0 aromatic carbocycles. The third-order valence-corrected chi connectivity index (χ3v) is 4.42. The molecule has 0 aliphatic carbocycles. The Bertz CT molecular complexity index is 541. The number of aromatic nitrogens is 3. The van der Waals surface area contributed by atoms with Crippen LogP contribution in [0.5, 0.6) is 0 Å². The summed E-state index contributed by atoms with van der Waals surface area (Å²) in [6, 6.07) is -0.443. The summed E-state index contributed by atoms with van der Waals surface area (Å²) in [5, 5.41) is 4.43. The molecule has 1 aliphatic rings. The number of nitrogens with zero attached hydrogens (tertiary/aromatic N) is 4. The Hall–Kier alpha value is -0.850. The van der Waals surface area contributed by atoms with E-state index in [0.717, 1.165) is 44.1 Å². The molecule has 2 N–H and O–H groups in total. The second-order valence-electron chi connectivity index (χ2n) is 7.52. The fourth-order valence-corrected chi connectivity index (χ4v) is 2.96. The number of amides is 1. The molecule has 1 amide bonds. The summed E-state index contributed by atoms with van der Waals surface area (Å²) in [7, 11) is 0. The van der Waals surface area contributed by atoms with Gasteiger partial charge in [0, 0.05) is 19.6 Å². The standard InChI is InChI=1S/C16H29N5O.2ClH/c1-11-18-12(2)21(19-11)10-13-7-6-8-20(9-13)15(22)14(17)16(3,4)5;;/h13-14H,6-10,17H2,1-5H3;2*1H/t13?,14-;;/m1../s1. The van der Waals surface area contributed by atoms with Gasteiger partial charge < -0.3 is 10.6 Å². The molecule has 2 rings (SSSR count). The Morgan fingerprint density at radius 3 is 2.46 bits per heavy atom. The molecule has 2 atom stereocenters. The topological polar surface area (TPSA) is 77.0 Å². The molecule has 140 valence electrons. The molecule has 8 heteroatoms. The maximum Gasteiger partial charge on any atom is 0.240 e. The van der Waals surface area contributed by atoms with Gasteiger partial charge in [0.15, 0.2) is 0 Å². The summed E-state index contributed by atoms with van der Waals surface area (Å²) in [6.45, 7) is 12.3. The van der Waals surface area contributed by atoms with Crippen molar-refractivity contribution in [3.63, 3.8) is 0 Å². The van der Waals surface area contributed by atoms with Crippen molar-refractivity contribution in [2.45, 2.75) is 60.0 Å². The summed E-state index contributed by atoms with van der Waals surface area (Å²) < 4.78 is 1.96. The molecule has 0 saturated carbocycles. The molecule has 1 aromatic heterocycles. The molecule has 6 nitrogen and oxygen atoms in total. The lowest BCUT2D eigenvalue weighted by Crippen LogP contribution is -2.53. The molecule has 24 heavy (non-hydrogen) atoms. The highest BCUT2D eigenvalue weighted by molar-refractivity contribution is 5.85. The number of likely N-dealkylation sites (tertiary alicyclic amines) is 1. The summed E-state index contributed by atoms with van der Waals surface area (Å²) in [4.78, 5) is 18.9. The van der Waals surface area contributed by atoms with E-state index in [4.69, 9.17) is 5.73 Å². The minimum atomic E-state index is -0.443. The van der Waals surface area contributed by atoms with Gasteiger partial charge in [-0.3, -0.25) is 4.79 Å². The molecule has 0 spiro atoms. The summed E-state index contributed by atoms with van der Waals surface area (Å²) in [5.41, 5.74) is 5.93. The fraction of sp³-hybridized carbons (Fsp3) is 0.812. The van der Waals surface area contributed by atoms with Gasteiger partial charge >= 0.3 is 0 Å². The van der Waals surface area contributed by atoms with Gasteiger partial charge in [-0.05, 0) is 38.0 Å². The molecule has 0 bridgehead atoms. The summed E-state index contributed by atoms with van der Waals surface area (Å²) in [5.74, 6) is 2.23. The monoisotopic (exact) mass is 379 g/mol. The second kappa shape index (κ2) is 9.02. The van der Waals surface area contributed by atoms with E-state index in [1.807, 2.05) is 44.2 Å². The van der Waals surface area contributed by atoms with Crippen molar-refractivity contribution in [2.75, 3.05) is 13.1 Å². The number of halogens is 2. The minimum Gasteiger partial charge on any atom is -0.341 e. The number of hydrogen-bond donors (Lipinski definition) is 1. The van der Waals surface area contributed by atoms with Gasteiger partial charge in [0.25, 0.3) is 0 Å². The number of aryl methyl sites for hydroxylation is 2. The van der Waals surface area contributed by atoms with E-state index in [-0.39, 0.29) is 36.1 Å². The van der Waals surface area contributed by atoms with Crippen LogP contribution < -0.4 is 5.73 Å². The zero-order chi connectivity index (χ0) is 16.5. The number of rotatable bonds is 3. The Morgan fingerprint density at radius 2 is 1.96 bits per heavy atom. The highest BCUT2D eigenvalue weighted by atomic mass is 35.5. The van der Waals surface area contributed by atoms with E-state index in [1.54, 1.807) is 0 Å². The molecular weight excluding hydrogens is 349 g/mol. The molecule has 1 fully saturated rings. The SMILES string of the molecule is Cc1nc(C)n(CC2CCCN(C(=O)[C@@H](N)C(C)(C)C)C2)n1.Cl.Cl. The van der Waals surface area contributed by atoms with E-state index < -0.39 is 6.04 Å². The predicted molar refractivity (Wildman–Crippen MR) is 101 cm³/mol. The maximum absolute atomic E-state index is 12.6. The summed E-state index contributed by atoms with van der Waals surface area (Å²) >= 11 is 0. The Labute approximate surface area is 157 Å². The van der Waals surface area contributed by atoms with Crippen molar-refractivity contribution in [1.82, 2.24) is 19.7 Å². The number of carbonyl (C=O) groups excluding carboxylic acids is 1. The van der Waals surface area contributed by atoms with Crippen LogP contribution in [0.2, 0.25) is 0 Å². The first kappa shape index (κ1) is 23.1. The van der Waals surface area contributed by atoms with Gasteiger partial charge in [-0.2, -0.15) is 5.10 Å². The van der Waals surface area contributed by atoms with Crippen LogP contribution in [-0.4, -0.2) is 44.7 Å². The molecule has 1 unspecified atom stereocenters. The van der Waals surface area contributed by atoms with Gasteiger partial charge in [0.1, 0.15) is 11.6 Å². The van der Waals surface area contributed by atoms with Crippen LogP contribution in [0, 0.1) is 25.2 Å². The lowest BCUT2D eigenvalue weighted by Gasteiger charge is -2.37. The minimum absolute atomic E-state index is 0. The first-order valence-corrected chi connectivity index (χ1v) is 8.11. The van der Waals surface area contributed by atoms with E-state index in [9.17, 15) is 4.79 Å². The quantitative estimate of drug-likeness (QED) is 0.873. The van der Waals surface area contributed by atoms with Crippen LogP contribution >= 0.6 is 24.8 Å². The normalized spacial score (nSPS) is 19.2. The van der Waals surface area contributed by atoms with Crippen LogP contribution in [-0.2, 0) is 11.3 Å². The van der Waals surface area contributed by atoms with Crippen molar-refractivity contribution in [3.8, 4) is 0 Å². The van der Waals surface area contributed by atoms with Crippen LogP contribution in [0.15, 0.2) is 0 Å². The van der Waals surface area contributed by atoms with Gasteiger partial charge in [0.05, 0.1) is 6.04 Å². The van der Waals surface area contributed by atoms with Gasteiger partial charge in [-0.1, -0.05) is 20.8 Å². The largest absolute Gasteiger partial charge is 0.341 e. The number of carbonyl (C=O) groups is 1. The van der Waals surface area contributed by atoms with E-state index in [1.165, 1.54) is 0 Å². The highest BCUT2D eigenvalue weighted by Crippen LogP contribution is 2.23. The Morgan fingerprint density at radius 1 is 1.33 bits per heavy atom. The molecule has 1 aliphatic heterocycles. The van der Waals surface area contributed by atoms with Crippen LogP contribution in [0.25, 0.3) is 0 Å². The molecule has 0 radical (unpaired) electrons. The Balaban J connectivity index is 0.00000264. The molecular formula is C16H31Cl2N5O.